The highest BCUT2D eigenvalue weighted by Crippen LogP contribution is 2.15. The molecule has 160 valence electrons. The second-order valence-electron chi connectivity index (χ2n) is 7.58. The van der Waals surface area contributed by atoms with Crippen molar-refractivity contribution in [2.75, 3.05) is 32.7 Å². The molecule has 1 N–H and O–H groups in total. The molecule has 2 aromatic rings. The molecule has 1 fully saturated rings. The molecule has 1 heterocycles. The van der Waals surface area contributed by atoms with Gasteiger partial charge in [-0.25, -0.2) is 8.78 Å². The molecule has 30 heavy (non-hydrogen) atoms. The average Bonchev–Trinajstić information content (AvgIpc) is 2.75. The maximum Gasteiger partial charge on any atom is 0.254 e. The van der Waals surface area contributed by atoms with E-state index in [2.05, 4.69) is 24.4 Å². The van der Waals surface area contributed by atoms with E-state index in [0.29, 0.717) is 26.2 Å². The number of halogens is 2. The minimum absolute atomic E-state index is 0.0672. The van der Waals surface area contributed by atoms with Crippen LogP contribution in [0.1, 0.15) is 41.4 Å². The zero-order chi connectivity index (χ0) is 21.7. The van der Waals surface area contributed by atoms with E-state index in [4.69, 9.17) is 0 Å². The molecule has 1 unspecified atom stereocenters. The summed E-state index contributed by atoms with van der Waals surface area (Å²) in [6.07, 6.45) is 0.978. The van der Waals surface area contributed by atoms with Gasteiger partial charge in [0.2, 0.25) is 5.91 Å². The molecule has 0 spiro atoms. The Labute approximate surface area is 175 Å². The molecule has 0 aliphatic carbocycles. The lowest BCUT2D eigenvalue weighted by atomic mass is 10.0. The van der Waals surface area contributed by atoms with E-state index in [1.54, 1.807) is 4.90 Å². The Morgan fingerprint density at radius 1 is 1.00 bits per heavy atom. The van der Waals surface area contributed by atoms with Crippen molar-refractivity contribution in [1.82, 2.24) is 15.1 Å². The summed E-state index contributed by atoms with van der Waals surface area (Å²) >= 11 is 0. The molecule has 1 atom stereocenters. The zero-order valence-electron chi connectivity index (χ0n) is 17.3. The Bertz CT molecular complexity index is 894. The number of aryl methyl sites for hydroxylation is 1. The molecule has 3 rings (SSSR count). The van der Waals surface area contributed by atoms with Gasteiger partial charge in [0, 0.05) is 31.7 Å². The summed E-state index contributed by atoms with van der Waals surface area (Å²) in [5.74, 6) is -2.41. The predicted octanol–water partition coefficient (Wildman–Crippen LogP) is 3.16. The quantitative estimate of drug-likeness (QED) is 0.789. The normalized spacial score (nSPS) is 15.7. The number of nitrogens with zero attached hydrogens (tertiary/aromatic N) is 2. The first-order valence-electron chi connectivity index (χ1n) is 10.2. The third-order valence-electron chi connectivity index (χ3n) is 5.46. The number of hydrogen-bond donors (Lipinski definition) is 1. The van der Waals surface area contributed by atoms with Crippen LogP contribution in [0, 0.1) is 11.6 Å². The molecule has 1 saturated heterocycles. The summed E-state index contributed by atoms with van der Waals surface area (Å²) < 4.78 is 26.4. The lowest BCUT2D eigenvalue weighted by Gasteiger charge is -2.34. The van der Waals surface area contributed by atoms with Crippen LogP contribution in [0.3, 0.4) is 0 Å². The first kappa shape index (κ1) is 21.9. The summed E-state index contributed by atoms with van der Waals surface area (Å²) in [7, 11) is 0. The van der Waals surface area contributed by atoms with Crippen LogP contribution in [0.15, 0.2) is 42.5 Å². The van der Waals surface area contributed by atoms with Crippen molar-refractivity contribution in [3.8, 4) is 0 Å². The van der Waals surface area contributed by atoms with Gasteiger partial charge in [0.25, 0.3) is 5.91 Å². The van der Waals surface area contributed by atoms with Gasteiger partial charge in [0.1, 0.15) is 0 Å². The van der Waals surface area contributed by atoms with Crippen molar-refractivity contribution in [2.45, 2.75) is 26.3 Å². The first-order chi connectivity index (χ1) is 14.4. The Morgan fingerprint density at radius 3 is 2.27 bits per heavy atom. The number of carbonyl (C=O) groups excluding carboxylic acids is 2. The fraction of sp³-hybridized carbons (Fsp3) is 0.391. The third kappa shape index (κ3) is 5.42. The molecule has 0 saturated carbocycles. The fourth-order valence-electron chi connectivity index (χ4n) is 3.54. The van der Waals surface area contributed by atoms with Gasteiger partial charge >= 0.3 is 0 Å². The topological polar surface area (TPSA) is 52.7 Å². The van der Waals surface area contributed by atoms with Gasteiger partial charge in [-0.3, -0.25) is 14.5 Å². The standard InChI is InChI=1S/C23H27F2N3O2/c1-3-17-4-6-18(7-5-17)16(2)26-22(29)15-27-10-12-28(13-11-27)23(30)19-8-9-20(24)21(25)14-19/h4-9,14,16H,3,10-13,15H2,1-2H3,(H,26,29). The second kappa shape index (κ2) is 9.80. The van der Waals surface area contributed by atoms with E-state index in [1.165, 1.54) is 11.6 Å². The van der Waals surface area contributed by atoms with E-state index in [-0.39, 0.29) is 30.0 Å². The number of amides is 2. The molecular formula is C23H27F2N3O2. The van der Waals surface area contributed by atoms with Gasteiger partial charge in [0.05, 0.1) is 12.6 Å². The van der Waals surface area contributed by atoms with Gasteiger partial charge in [-0.1, -0.05) is 31.2 Å². The summed E-state index contributed by atoms with van der Waals surface area (Å²) in [5, 5.41) is 3.01. The molecule has 0 bridgehead atoms. The van der Waals surface area contributed by atoms with Crippen molar-refractivity contribution < 1.29 is 18.4 Å². The largest absolute Gasteiger partial charge is 0.348 e. The van der Waals surface area contributed by atoms with E-state index < -0.39 is 11.6 Å². The average molecular weight is 415 g/mol. The highest BCUT2D eigenvalue weighted by Gasteiger charge is 2.24. The van der Waals surface area contributed by atoms with E-state index >= 15 is 0 Å². The van der Waals surface area contributed by atoms with E-state index in [1.807, 2.05) is 24.0 Å². The minimum Gasteiger partial charge on any atom is -0.348 e. The summed E-state index contributed by atoms with van der Waals surface area (Å²) in [6, 6.07) is 11.3. The Kier molecular flexibility index (Phi) is 7.15. The lowest BCUT2D eigenvalue weighted by molar-refractivity contribution is -0.123. The van der Waals surface area contributed by atoms with Crippen molar-refractivity contribution >= 4 is 11.8 Å². The predicted molar refractivity (Wildman–Crippen MR) is 111 cm³/mol. The van der Waals surface area contributed by atoms with Gasteiger partial charge in [-0.05, 0) is 42.7 Å². The third-order valence-corrected chi connectivity index (χ3v) is 5.46. The fourth-order valence-corrected chi connectivity index (χ4v) is 3.54. The minimum atomic E-state index is -1.03. The van der Waals surface area contributed by atoms with Crippen molar-refractivity contribution in [2.24, 2.45) is 0 Å². The molecule has 2 amide bonds. The van der Waals surface area contributed by atoms with Crippen LogP contribution < -0.4 is 5.32 Å². The van der Waals surface area contributed by atoms with Gasteiger partial charge in [-0.2, -0.15) is 0 Å². The Hall–Kier alpha value is -2.80. The van der Waals surface area contributed by atoms with Gasteiger partial charge in [0.15, 0.2) is 11.6 Å². The Balaban J connectivity index is 1.47. The van der Waals surface area contributed by atoms with Crippen LogP contribution >= 0.6 is 0 Å². The molecule has 5 nitrogen and oxygen atoms in total. The maximum atomic E-state index is 13.4. The van der Waals surface area contributed by atoms with Gasteiger partial charge < -0.3 is 10.2 Å². The SMILES string of the molecule is CCc1ccc(C(C)NC(=O)CN2CCN(C(=O)c3ccc(F)c(F)c3)CC2)cc1. The molecule has 7 heteroatoms. The highest BCUT2D eigenvalue weighted by molar-refractivity contribution is 5.94. The van der Waals surface area contributed by atoms with Crippen LogP contribution in [0.25, 0.3) is 0 Å². The summed E-state index contributed by atoms with van der Waals surface area (Å²) in [5.41, 5.74) is 2.44. The number of nitrogens with one attached hydrogen (secondary N) is 1. The molecule has 0 aromatic heterocycles. The highest BCUT2D eigenvalue weighted by atomic mass is 19.2. The summed E-state index contributed by atoms with van der Waals surface area (Å²) in [4.78, 5) is 28.5. The number of benzene rings is 2. The van der Waals surface area contributed by atoms with Crippen LogP contribution in [-0.2, 0) is 11.2 Å². The van der Waals surface area contributed by atoms with Crippen LogP contribution in [0.2, 0.25) is 0 Å². The van der Waals surface area contributed by atoms with Crippen molar-refractivity contribution in [3.05, 3.63) is 70.8 Å². The van der Waals surface area contributed by atoms with Crippen molar-refractivity contribution in [1.29, 1.82) is 0 Å². The second-order valence-corrected chi connectivity index (χ2v) is 7.58. The number of carbonyl (C=O) groups is 2. The number of hydrogen-bond acceptors (Lipinski definition) is 3. The zero-order valence-corrected chi connectivity index (χ0v) is 17.3. The van der Waals surface area contributed by atoms with Crippen LogP contribution in [0.5, 0.6) is 0 Å². The molecule has 0 radical (unpaired) electrons. The Morgan fingerprint density at radius 2 is 1.67 bits per heavy atom. The van der Waals surface area contributed by atoms with E-state index in [9.17, 15) is 18.4 Å². The maximum absolute atomic E-state index is 13.4. The number of piperazine rings is 1. The molecule has 1 aliphatic rings. The van der Waals surface area contributed by atoms with E-state index in [0.717, 1.165) is 24.1 Å². The molecular weight excluding hydrogens is 388 g/mol. The van der Waals surface area contributed by atoms with Crippen LogP contribution in [-0.4, -0.2) is 54.3 Å². The van der Waals surface area contributed by atoms with Crippen molar-refractivity contribution in [3.63, 3.8) is 0 Å². The monoisotopic (exact) mass is 415 g/mol. The first-order valence-corrected chi connectivity index (χ1v) is 10.2. The molecule has 1 aliphatic heterocycles. The van der Waals surface area contributed by atoms with Crippen LogP contribution in [0.4, 0.5) is 8.78 Å². The smallest absolute Gasteiger partial charge is 0.254 e. The lowest BCUT2D eigenvalue weighted by Crippen LogP contribution is -2.51. The van der Waals surface area contributed by atoms with Gasteiger partial charge in [-0.15, -0.1) is 0 Å². The summed E-state index contributed by atoms with van der Waals surface area (Å²) in [6.45, 7) is 6.26. The molecule has 2 aromatic carbocycles. The number of rotatable bonds is 6.